The number of hydrogen-bond donors (Lipinski definition) is 1. The van der Waals surface area contributed by atoms with E-state index in [0.717, 1.165) is 31.2 Å². The van der Waals surface area contributed by atoms with Gasteiger partial charge in [0, 0.05) is 12.6 Å². The minimum Gasteiger partial charge on any atom is -0.311 e. The Morgan fingerprint density at radius 2 is 2.24 bits per heavy atom. The quantitative estimate of drug-likeness (QED) is 0.800. The van der Waals surface area contributed by atoms with Crippen LogP contribution in [0.25, 0.3) is 0 Å². The minimum atomic E-state index is -2.79. The van der Waals surface area contributed by atoms with Crippen molar-refractivity contribution in [3.63, 3.8) is 0 Å². The molecule has 96 valence electrons. The Labute approximate surface area is 101 Å². The van der Waals surface area contributed by atoms with Gasteiger partial charge in [0.1, 0.15) is 11.6 Å². The van der Waals surface area contributed by atoms with E-state index in [-0.39, 0.29) is 11.8 Å². The second-order valence-corrected chi connectivity index (χ2v) is 6.71. The largest absolute Gasteiger partial charge is 0.311 e. The van der Waals surface area contributed by atoms with Crippen LogP contribution in [0.15, 0.2) is 0 Å². The van der Waals surface area contributed by atoms with Crippen molar-refractivity contribution in [2.24, 2.45) is 0 Å². The van der Waals surface area contributed by atoms with Crippen LogP contribution in [0.5, 0.6) is 0 Å². The van der Waals surface area contributed by atoms with Gasteiger partial charge in [-0.15, -0.1) is 0 Å². The van der Waals surface area contributed by atoms with Crippen LogP contribution in [0.4, 0.5) is 0 Å². The molecular formula is C10H18N4O2S. The van der Waals surface area contributed by atoms with Crippen molar-refractivity contribution >= 4 is 9.84 Å². The highest BCUT2D eigenvalue weighted by Gasteiger charge is 2.27. The van der Waals surface area contributed by atoms with Gasteiger partial charge < -0.3 is 5.32 Å². The SMILES string of the molecule is Cc1nc(C)n(CCNC2CCS(=O)(=O)C2)n1. The van der Waals surface area contributed by atoms with Gasteiger partial charge in [-0.3, -0.25) is 0 Å². The van der Waals surface area contributed by atoms with Crippen LogP contribution < -0.4 is 5.32 Å². The molecule has 1 aliphatic heterocycles. The molecule has 1 atom stereocenters. The molecule has 0 saturated carbocycles. The van der Waals surface area contributed by atoms with Gasteiger partial charge in [0.05, 0.1) is 18.1 Å². The summed E-state index contributed by atoms with van der Waals surface area (Å²) in [5.41, 5.74) is 0. The molecule has 2 rings (SSSR count). The van der Waals surface area contributed by atoms with E-state index in [2.05, 4.69) is 15.4 Å². The molecule has 0 aromatic carbocycles. The van der Waals surface area contributed by atoms with Crippen LogP contribution in [0.1, 0.15) is 18.1 Å². The summed E-state index contributed by atoms with van der Waals surface area (Å²) in [5, 5.41) is 7.50. The van der Waals surface area contributed by atoms with E-state index in [9.17, 15) is 8.42 Å². The van der Waals surface area contributed by atoms with Crippen LogP contribution in [0, 0.1) is 13.8 Å². The fraction of sp³-hybridized carbons (Fsp3) is 0.800. The highest BCUT2D eigenvalue weighted by Crippen LogP contribution is 2.10. The molecular weight excluding hydrogens is 240 g/mol. The summed E-state index contributed by atoms with van der Waals surface area (Å²) in [6.45, 7) is 5.23. The number of aromatic nitrogens is 3. The van der Waals surface area contributed by atoms with Gasteiger partial charge in [-0.05, 0) is 20.3 Å². The Morgan fingerprint density at radius 3 is 2.76 bits per heavy atom. The average Bonchev–Trinajstić information content (AvgIpc) is 2.71. The number of nitrogens with one attached hydrogen (secondary N) is 1. The van der Waals surface area contributed by atoms with Crippen LogP contribution in [-0.4, -0.2) is 47.3 Å². The molecule has 1 unspecified atom stereocenters. The second kappa shape index (κ2) is 4.73. The lowest BCUT2D eigenvalue weighted by atomic mass is 10.3. The molecule has 0 aliphatic carbocycles. The fourth-order valence-electron chi connectivity index (χ4n) is 2.10. The third-order valence-corrected chi connectivity index (χ3v) is 4.72. The van der Waals surface area contributed by atoms with E-state index in [1.54, 1.807) is 0 Å². The summed E-state index contributed by atoms with van der Waals surface area (Å²) in [6, 6.07) is 0.102. The maximum atomic E-state index is 11.3. The molecule has 0 amide bonds. The van der Waals surface area contributed by atoms with Crippen LogP contribution in [0.3, 0.4) is 0 Å². The normalized spacial score (nSPS) is 23.1. The van der Waals surface area contributed by atoms with E-state index in [0.29, 0.717) is 5.75 Å². The molecule has 2 heterocycles. The summed E-state index contributed by atoms with van der Waals surface area (Å²) in [6.07, 6.45) is 0.720. The number of sulfone groups is 1. The monoisotopic (exact) mass is 258 g/mol. The van der Waals surface area contributed by atoms with Gasteiger partial charge in [0.2, 0.25) is 0 Å². The first-order valence-corrected chi connectivity index (χ1v) is 7.60. The summed E-state index contributed by atoms with van der Waals surface area (Å²) >= 11 is 0. The summed E-state index contributed by atoms with van der Waals surface area (Å²) in [7, 11) is -2.79. The predicted molar refractivity (Wildman–Crippen MR) is 64.6 cm³/mol. The summed E-state index contributed by atoms with van der Waals surface area (Å²) in [4.78, 5) is 4.21. The van der Waals surface area contributed by atoms with Crippen molar-refractivity contribution in [3.05, 3.63) is 11.6 Å². The van der Waals surface area contributed by atoms with Crippen LogP contribution in [-0.2, 0) is 16.4 Å². The third-order valence-electron chi connectivity index (χ3n) is 2.95. The average molecular weight is 258 g/mol. The summed E-state index contributed by atoms with van der Waals surface area (Å²) in [5.74, 6) is 2.24. The van der Waals surface area contributed by atoms with Crippen molar-refractivity contribution in [1.29, 1.82) is 0 Å². The molecule has 1 saturated heterocycles. The van der Waals surface area contributed by atoms with E-state index in [1.165, 1.54) is 0 Å². The maximum Gasteiger partial charge on any atom is 0.151 e. The van der Waals surface area contributed by atoms with Gasteiger partial charge in [-0.25, -0.2) is 18.1 Å². The molecule has 0 radical (unpaired) electrons. The molecule has 1 fully saturated rings. The molecule has 17 heavy (non-hydrogen) atoms. The lowest BCUT2D eigenvalue weighted by Gasteiger charge is -2.10. The molecule has 0 bridgehead atoms. The molecule has 7 heteroatoms. The van der Waals surface area contributed by atoms with E-state index in [4.69, 9.17) is 0 Å². The number of aryl methyl sites for hydroxylation is 2. The second-order valence-electron chi connectivity index (χ2n) is 4.48. The lowest BCUT2D eigenvalue weighted by Crippen LogP contribution is -2.33. The van der Waals surface area contributed by atoms with Crippen molar-refractivity contribution in [2.75, 3.05) is 18.1 Å². The fourth-order valence-corrected chi connectivity index (χ4v) is 3.81. The van der Waals surface area contributed by atoms with E-state index in [1.807, 2.05) is 18.5 Å². The Balaban J connectivity index is 1.79. The van der Waals surface area contributed by atoms with Gasteiger partial charge >= 0.3 is 0 Å². The first kappa shape index (κ1) is 12.5. The van der Waals surface area contributed by atoms with Crippen LogP contribution >= 0.6 is 0 Å². The topological polar surface area (TPSA) is 76.9 Å². The third kappa shape index (κ3) is 3.26. The Hall–Kier alpha value is -0.950. The molecule has 1 aromatic rings. The highest BCUT2D eigenvalue weighted by molar-refractivity contribution is 7.91. The number of nitrogens with zero attached hydrogens (tertiary/aromatic N) is 3. The molecule has 1 aromatic heterocycles. The standard InChI is InChI=1S/C10H18N4O2S/c1-8-12-9(2)14(13-8)5-4-11-10-3-6-17(15,16)7-10/h10-11H,3-7H2,1-2H3. The Morgan fingerprint density at radius 1 is 1.47 bits per heavy atom. The number of rotatable bonds is 4. The summed E-state index contributed by atoms with van der Waals surface area (Å²) < 4.78 is 24.4. The Bertz CT molecular complexity index is 494. The zero-order valence-electron chi connectivity index (χ0n) is 10.2. The van der Waals surface area contributed by atoms with Crippen molar-refractivity contribution in [3.8, 4) is 0 Å². The number of hydrogen-bond acceptors (Lipinski definition) is 5. The Kier molecular flexibility index (Phi) is 3.48. The van der Waals surface area contributed by atoms with Gasteiger partial charge in [-0.1, -0.05) is 0 Å². The highest BCUT2D eigenvalue weighted by atomic mass is 32.2. The molecule has 6 nitrogen and oxygen atoms in total. The van der Waals surface area contributed by atoms with Crippen molar-refractivity contribution in [2.45, 2.75) is 32.9 Å². The molecule has 0 spiro atoms. The van der Waals surface area contributed by atoms with Crippen LogP contribution in [0.2, 0.25) is 0 Å². The minimum absolute atomic E-state index is 0.102. The van der Waals surface area contributed by atoms with Gasteiger partial charge in [0.25, 0.3) is 0 Å². The van der Waals surface area contributed by atoms with Crippen molar-refractivity contribution < 1.29 is 8.42 Å². The smallest absolute Gasteiger partial charge is 0.151 e. The molecule has 1 N–H and O–H groups in total. The maximum absolute atomic E-state index is 11.3. The first-order chi connectivity index (χ1) is 7.96. The lowest BCUT2D eigenvalue weighted by molar-refractivity contribution is 0.492. The van der Waals surface area contributed by atoms with Crippen molar-refractivity contribution in [1.82, 2.24) is 20.1 Å². The van der Waals surface area contributed by atoms with E-state index >= 15 is 0 Å². The predicted octanol–water partition coefficient (Wildman–Crippen LogP) is -0.328. The molecule has 1 aliphatic rings. The zero-order chi connectivity index (χ0) is 12.5. The van der Waals surface area contributed by atoms with E-state index < -0.39 is 9.84 Å². The van der Waals surface area contributed by atoms with Gasteiger partial charge in [0.15, 0.2) is 9.84 Å². The first-order valence-electron chi connectivity index (χ1n) is 5.78. The zero-order valence-corrected chi connectivity index (χ0v) is 11.0. The van der Waals surface area contributed by atoms with Gasteiger partial charge in [-0.2, -0.15) is 5.10 Å².